The van der Waals surface area contributed by atoms with Gasteiger partial charge in [0.2, 0.25) is 0 Å². The summed E-state index contributed by atoms with van der Waals surface area (Å²) < 4.78 is 7.93. The van der Waals surface area contributed by atoms with Crippen molar-refractivity contribution in [2.24, 2.45) is 0 Å². The number of hydrogen-bond donors (Lipinski definition) is 1. The van der Waals surface area contributed by atoms with Gasteiger partial charge in [0.05, 0.1) is 7.11 Å². The first-order chi connectivity index (χ1) is 11.4. The second-order valence-electron chi connectivity index (χ2n) is 6.12. The normalized spacial score (nSPS) is 14.0. The molecule has 3 aromatic rings. The minimum absolute atomic E-state index is 0.936. The standard InChI is InChI=1S/C20H22N2O/c1-23-16-7-8-19-17(13-16)18-14-21-11-9-20(18)22(19)12-10-15-5-3-2-4-6-15/h2-8,13,21H,9-12,14H2,1H3. The molecule has 23 heavy (non-hydrogen) atoms. The van der Waals surface area contributed by atoms with E-state index >= 15 is 0 Å². The monoisotopic (exact) mass is 306 g/mol. The van der Waals surface area contributed by atoms with E-state index in [4.69, 9.17) is 4.74 Å². The van der Waals surface area contributed by atoms with Gasteiger partial charge in [0.15, 0.2) is 0 Å². The molecule has 0 amide bonds. The van der Waals surface area contributed by atoms with Crippen LogP contribution in [0, 0.1) is 0 Å². The van der Waals surface area contributed by atoms with Gasteiger partial charge < -0.3 is 14.6 Å². The van der Waals surface area contributed by atoms with E-state index in [9.17, 15) is 0 Å². The van der Waals surface area contributed by atoms with Gasteiger partial charge in [-0.1, -0.05) is 30.3 Å². The number of nitrogens with one attached hydrogen (secondary N) is 1. The predicted molar refractivity (Wildman–Crippen MR) is 94.0 cm³/mol. The van der Waals surface area contributed by atoms with Crippen molar-refractivity contribution in [1.29, 1.82) is 0 Å². The van der Waals surface area contributed by atoms with Crippen molar-refractivity contribution >= 4 is 10.9 Å². The number of rotatable bonds is 4. The van der Waals surface area contributed by atoms with E-state index in [-0.39, 0.29) is 0 Å². The fraction of sp³-hybridized carbons (Fsp3) is 0.300. The molecule has 0 atom stereocenters. The second-order valence-corrected chi connectivity index (χ2v) is 6.12. The van der Waals surface area contributed by atoms with Crippen molar-refractivity contribution in [1.82, 2.24) is 9.88 Å². The lowest BCUT2D eigenvalue weighted by Crippen LogP contribution is -2.24. The third-order valence-electron chi connectivity index (χ3n) is 4.80. The lowest BCUT2D eigenvalue weighted by atomic mass is 10.1. The van der Waals surface area contributed by atoms with Gasteiger partial charge in [0.1, 0.15) is 5.75 Å². The van der Waals surface area contributed by atoms with Crippen molar-refractivity contribution in [2.75, 3.05) is 13.7 Å². The number of aryl methyl sites for hydroxylation is 2. The number of fused-ring (bicyclic) bond motifs is 3. The average molecular weight is 306 g/mol. The molecule has 0 bridgehead atoms. The van der Waals surface area contributed by atoms with Crippen LogP contribution in [0.2, 0.25) is 0 Å². The average Bonchev–Trinajstić information content (AvgIpc) is 2.94. The Morgan fingerprint density at radius 1 is 1.13 bits per heavy atom. The van der Waals surface area contributed by atoms with Crippen molar-refractivity contribution in [3.05, 3.63) is 65.4 Å². The predicted octanol–water partition coefficient (Wildman–Crippen LogP) is 3.54. The second kappa shape index (κ2) is 6.09. The Hall–Kier alpha value is -2.26. The lowest BCUT2D eigenvalue weighted by Gasteiger charge is -2.17. The van der Waals surface area contributed by atoms with Crippen molar-refractivity contribution in [2.45, 2.75) is 25.9 Å². The highest BCUT2D eigenvalue weighted by Gasteiger charge is 2.19. The molecular formula is C20H22N2O. The number of benzene rings is 2. The molecule has 0 radical (unpaired) electrons. The third-order valence-corrected chi connectivity index (χ3v) is 4.80. The quantitative estimate of drug-likeness (QED) is 0.798. The number of ether oxygens (including phenoxy) is 1. The molecule has 1 aromatic heterocycles. The van der Waals surface area contributed by atoms with Crippen LogP contribution < -0.4 is 10.1 Å². The van der Waals surface area contributed by atoms with Crippen molar-refractivity contribution < 1.29 is 4.74 Å². The zero-order valence-corrected chi connectivity index (χ0v) is 13.5. The van der Waals surface area contributed by atoms with Gasteiger partial charge in [-0.15, -0.1) is 0 Å². The summed E-state index contributed by atoms with van der Waals surface area (Å²) >= 11 is 0. The van der Waals surface area contributed by atoms with Gasteiger partial charge in [0, 0.05) is 42.7 Å². The molecule has 0 aliphatic carbocycles. The summed E-state index contributed by atoms with van der Waals surface area (Å²) in [5.41, 5.74) is 5.65. The molecule has 0 unspecified atom stereocenters. The molecule has 0 saturated heterocycles. The third kappa shape index (κ3) is 2.62. The minimum Gasteiger partial charge on any atom is -0.497 e. The van der Waals surface area contributed by atoms with Gasteiger partial charge in [-0.2, -0.15) is 0 Å². The molecule has 3 nitrogen and oxygen atoms in total. The zero-order chi connectivity index (χ0) is 15.6. The van der Waals surface area contributed by atoms with E-state index in [2.05, 4.69) is 58.4 Å². The summed E-state index contributed by atoms with van der Waals surface area (Å²) in [4.78, 5) is 0. The Morgan fingerprint density at radius 3 is 2.83 bits per heavy atom. The number of hydrogen-bond acceptors (Lipinski definition) is 2. The summed E-state index contributed by atoms with van der Waals surface area (Å²) in [5, 5.41) is 4.84. The Labute approximate surface area is 136 Å². The first-order valence-electron chi connectivity index (χ1n) is 8.29. The van der Waals surface area contributed by atoms with Crippen molar-refractivity contribution in [3.8, 4) is 5.75 Å². The number of aromatic nitrogens is 1. The molecule has 0 saturated carbocycles. The fourth-order valence-corrected chi connectivity index (χ4v) is 3.63. The molecule has 1 aliphatic heterocycles. The molecule has 3 heteroatoms. The molecule has 0 fully saturated rings. The van der Waals surface area contributed by atoms with Crippen LogP contribution in [0.4, 0.5) is 0 Å². The maximum atomic E-state index is 5.42. The Morgan fingerprint density at radius 2 is 2.00 bits per heavy atom. The summed E-state index contributed by atoms with van der Waals surface area (Å²) in [5.74, 6) is 0.936. The fourth-order valence-electron chi connectivity index (χ4n) is 3.63. The van der Waals surface area contributed by atoms with Crippen LogP contribution in [-0.4, -0.2) is 18.2 Å². The highest BCUT2D eigenvalue weighted by molar-refractivity contribution is 5.87. The van der Waals surface area contributed by atoms with Gasteiger partial charge in [-0.25, -0.2) is 0 Å². The molecule has 2 aromatic carbocycles. The summed E-state index contributed by atoms with van der Waals surface area (Å²) in [6.45, 7) is 3.05. The van der Waals surface area contributed by atoms with E-state index in [0.29, 0.717) is 0 Å². The Balaban J connectivity index is 1.75. The smallest absolute Gasteiger partial charge is 0.119 e. The van der Waals surface area contributed by atoms with E-state index in [1.165, 1.54) is 27.7 Å². The first kappa shape index (κ1) is 14.3. The van der Waals surface area contributed by atoms with Crippen LogP contribution in [0.15, 0.2) is 48.5 Å². The van der Waals surface area contributed by atoms with Crippen LogP contribution in [0.25, 0.3) is 10.9 Å². The van der Waals surface area contributed by atoms with Crippen LogP contribution >= 0.6 is 0 Å². The van der Waals surface area contributed by atoms with Crippen LogP contribution in [0.1, 0.15) is 16.8 Å². The lowest BCUT2D eigenvalue weighted by molar-refractivity contribution is 0.415. The van der Waals surface area contributed by atoms with Crippen LogP contribution in [0.3, 0.4) is 0 Å². The maximum absolute atomic E-state index is 5.42. The van der Waals surface area contributed by atoms with E-state index in [1.54, 1.807) is 7.11 Å². The van der Waals surface area contributed by atoms with E-state index < -0.39 is 0 Å². The Kier molecular flexibility index (Phi) is 3.80. The Bertz CT molecular complexity index is 821. The molecular weight excluding hydrogens is 284 g/mol. The first-order valence-corrected chi connectivity index (χ1v) is 8.29. The molecule has 0 spiro atoms. The zero-order valence-electron chi connectivity index (χ0n) is 13.5. The number of methoxy groups -OCH3 is 1. The molecule has 2 heterocycles. The summed E-state index contributed by atoms with van der Waals surface area (Å²) in [7, 11) is 1.73. The maximum Gasteiger partial charge on any atom is 0.119 e. The molecule has 118 valence electrons. The minimum atomic E-state index is 0.936. The summed E-state index contributed by atoms with van der Waals surface area (Å²) in [6.07, 6.45) is 2.16. The van der Waals surface area contributed by atoms with Gasteiger partial charge in [-0.3, -0.25) is 0 Å². The number of nitrogens with zero attached hydrogens (tertiary/aromatic N) is 1. The molecule has 4 rings (SSSR count). The van der Waals surface area contributed by atoms with E-state index in [1.807, 2.05) is 0 Å². The van der Waals surface area contributed by atoms with Crippen LogP contribution in [0.5, 0.6) is 5.75 Å². The highest BCUT2D eigenvalue weighted by Crippen LogP contribution is 2.31. The van der Waals surface area contributed by atoms with Crippen LogP contribution in [-0.2, 0) is 25.9 Å². The van der Waals surface area contributed by atoms with E-state index in [0.717, 1.165) is 38.2 Å². The highest BCUT2D eigenvalue weighted by atomic mass is 16.5. The molecule has 1 aliphatic rings. The molecule has 1 N–H and O–H groups in total. The van der Waals surface area contributed by atoms with Gasteiger partial charge in [0.25, 0.3) is 0 Å². The summed E-state index contributed by atoms with van der Waals surface area (Å²) in [6, 6.07) is 17.2. The van der Waals surface area contributed by atoms with Gasteiger partial charge >= 0.3 is 0 Å². The van der Waals surface area contributed by atoms with Gasteiger partial charge in [-0.05, 0) is 35.7 Å². The largest absolute Gasteiger partial charge is 0.497 e. The van der Waals surface area contributed by atoms with Crippen molar-refractivity contribution in [3.63, 3.8) is 0 Å². The SMILES string of the molecule is COc1ccc2c(c1)c1c(n2CCc2ccccc2)CCNC1. The topological polar surface area (TPSA) is 26.2 Å².